The summed E-state index contributed by atoms with van der Waals surface area (Å²) in [6.07, 6.45) is 1.06. The molecule has 0 fully saturated rings. The van der Waals surface area contributed by atoms with Crippen molar-refractivity contribution in [2.45, 2.75) is 40.7 Å². The summed E-state index contributed by atoms with van der Waals surface area (Å²) >= 11 is 2.03. The number of anilines is 1. The second-order valence-corrected chi connectivity index (χ2v) is 9.31. The molecule has 0 unspecified atom stereocenters. The summed E-state index contributed by atoms with van der Waals surface area (Å²) in [7, 11) is 1.59. The maximum atomic E-state index is 13.1. The number of amides is 1. The molecular formula is C21H23N3O6S2. The molecule has 0 spiro atoms. The number of fused-ring (bicyclic) bond motifs is 1. The Hall–Kier alpha value is -3.05. The molecule has 0 atom stereocenters. The minimum Gasteiger partial charge on any atom is -0.462 e. The van der Waals surface area contributed by atoms with Crippen molar-refractivity contribution in [1.29, 1.82) is 0 Å². The van der Waals surface area contributed by atoms with Crippen molar-refractivity contribution in [3.63, 3.8) is 0 Å². The number of hydrogen-bond donors (Lipinski definition) is 1. The van der Waals surface area contributed by atoms with Crippen LogP contribution in [0.25, 0.3) is 10.2 Å². The van der Waals surface area contributed by atoms with Crippen LogP contribution in [0.1, 0.15) is 61.6 Å². The molecule has 0 saturated heterocycles. The van der Waals surface area contributed by atoms with E-state index in [9.17, 15) is 19.2 Å². The Morgan fingerprint density at radius 1 is 1.12 bits per heavy atom. The standard InChI is InChI=1S/C21H23N3O6S2/c1-7-29-20(27)13-11(5)15(21(28)30-9(2)3)32-18(13)23-16(25)14-10(4)12-17(31-14)22-8-24(6)19(12)26/h8-9H,7H2,1-6H3,(H,23,25). The quantitative estimate of drug-likeness (QED) is 0.539. The molecule has 32 heavy (non-hydrogen) atoms. The molecule has 0 bridgehead atoms. The highest BCUT2D eigenvalue weighted by atomic mass is 32.1. The van der Waals surface area contributed by atoms with Gasteiger partial charge in [-0.3, -0.25) is 9.59 Å². The molecule has 3 aromatic rings. The number of rotatable bonds is 6. The molecule has 9 nitrogen and oxygen atoms in total. The van der Waals surface area contributed by atoms with E-state index in [-0.39, 0.29) is 33.7 Å². The topological polar surface area (TPSA) is 117 Å². The molecule has 0 aliphatic rings. The maximum Gasteiger partial charge on any atom is 0.348 e. The summed E-state index contributed by atoms with van der Waals surface area (Å²) in [5.41, 5.74) is 0.731. The van der Waals surface area contributed by atoms with Gasteiger partial charge in [0.15, 0.2) is 0 Å². The van der Waals surface area contributed by atoms with Crippen molar-refractivity contribution in [3.05, 3.63) is 43.1 Å². The Bertz CT molecular complexity index is 1280. The zero-order chi connectivity index (χ0) is 23.7. The zero-order valence-electron chi connectivity index (χ0n) is 18.5. The van der Waals surface area contributed by atoms with E-state index < -0.39 is 17.8 Å². The number of aromatic nitrogens is 2. The smallest absolute Gasteiger partial charge is 0.348 e. The third-order valence-corrected chi connectivity index (χ3v) is 6.98. The summed E-state index contributed by atoms with van der Waals surface area (Å²) in [5.74, 6) is -1.74. The fourth-order valence-corrected chi connectivity index (χ4v) is 5.21. The van der Waals surface area contributed by atoms with Gasteiger partial charge in [0.1, 0.15) is 14.7 Å². The Morgan fingerprint density at radius 2 is 1.81 bits per heavy atom. The maximum absolute atomic E-state index is 13.1. The number of aryl methyl sites for hydroxylation is 2. The molecular weight excluding hydrogens is 454 g/mol. The normalized spacial score (nSPS) is 11.1. The molecule has 0 aromatic carbocycles. The second-order valence-electron chi connectivity index (χ2n) is 7.29. The Kier molecular flexibility index (Phi) is 6.79. The van der Waals surface area contributed by atoms with Crippen LogP contribution in [0.5, 0.6) is 0 Å². The lowest BCUT2D eigenvalue weighted by Gasteiger charge is -2.07. The molecule has 0 saturated carbocycles. The van der Waals surface area contributed by atoms with Gasteiger partial charge in [-0.2, -0.15) is 0 Å². The van der Waals surface area contributed by atoms with Gasteiger partial charge in [0, 0.05) is 7.05 Å². The van der Waals surface area contributed by atoms with Crippen LogP contribution in [0.3, 0.4) is 0 Å². The fraction of sp³-hybridized carbons (Fsp3) is 0.381. The van der Waals surface area contributed by atoms with Crippen molar-refractivity contribution in [3.8, 4) is 0 Å². The first-order valence-corrected chi connectivity index (χ1v) is 11.5. The van der Waals surface area contributed by atoms with E-state index in [4.69, 9.17) is 9.47 Å². The first-order chi connectivity index (χ1) is 15.1. The monoisotopic (exact) mass is 477 g/mol. The summed E-state index contributed by atoms with van der Waals surface area (Å²) in [6.45, 7) is 8.52. The van der Waals surface area contributed by atoms with E-state index in [0.717, 1.165) is 22.7 Å². The van der Waals surface area contributed by atoms with Gasteiger partial charge >= 0.3 is 11.9 Å². The van der Waals surface area contributed by atoms with E-state index in [1.165, 1.54) is 10.9 Å². The van der Waals surface area contributed by atoms with Crippen LogP contribution in [-0.4, -0.2) is 40.1 Å². The van der Waals surface area contributed by atoms with E-state index in [2.05, 4.69) is 10.3 Å². The molecule has 3 heterocycles. The number of hydrogen-bond acceptors (Lipinski definition) is 9. The lowest BCUT2D eigenvalue weighted by molar-refractivity contribution is 0.0383. The number of nitrogens with zero attached hydrogens (tertiary/aromatic N) is 2. The molecule has 0 radical (unpaired) electrons. The SMILES string of the molecule is CCOC(=O)c1c(NC(=O)c2sc3ncn(C)c(=O)c3c2C)sc(C(=O)OC(C)C)c1C. The van der Waals surface area contributed by atoms with Crippen LogP contribution in [-0.2, 0) is 16.5 Å². The van der Waals surface area contributed by atoms with Gasteiger partial charge in [-0.1, -0.05) is 0 Å². The van der Waals surface area contributed by atoms with Gasteiger partial charge in [-0.15, -0.1) is 22.7 Å². The first kappa shape index (κ1) is 23.6. The molecule has 1 N–H and O–H groups in total. The molecule has 11 heteroatoms. The Balaban J connectivity index is 2.05. The Morgan fingerprint density at radius 3 is 2.44 bits per heavy atom. The van der Waals surface area contributed by atoms with Gasteiger partial charge in [-0.25, -0.2) is 14.6 Å². The van der Waals surface area contributed by atoms with Crippen LogP contribution < -0.4 is 10.9 Å². The van der Waals surface area contributed by atoms with Gasteiger partial charge in [0.25, 0.3) is 11.5 Å². The zero-order valence-corrected chi connectivity index (χ0v) is 20.2. The molecule has 170 valence electrons. The van der Waals surface area contributed by atoms with Crippen molar-refractivity contribution in [2.75, 3.05) is 11.9 Å². The van der Waals surface area contributed by atoms with Gasteiger partial charge in [0.05, 0.1) is 34.9 Å². The van der Waals surface area contributed by atoms with Crippen molar-refractivity contribution >= 4 is 55.7 Å². The molecule has 3 rings (SSSR count). The van der Waals surface area contributed by atoms with Crippen LogP contribution in [0, 0.1) is 13.8 Å². The van der Waals surface area contributed by atoms with E-state index in [1.807, 2.05) is 0 Å². The molecule has 0 aliphatic carbocycles. The predicted octanol–water partition coefficient (Wildman–Crippen LogP) is 3.67. The summed E-state index contributed by atoms with van der Waals surface area (Å²) in [5, 5.41) is 3.27. The highest BCUT2D eigenvalue weighted by Crippen LogP contribution is 2.36. The van der Waals surface area contributed by atoms with E-state index >= 15 is 0 Å². The molecule has 1 amide bonds. The average Bonchev–Trinajstić information content (AvgIpc) is 3.22. The van der Waals surface area contributed by atoms with Gasteiger partial charge in [0.2, 0.25) is 0 Å². The number of ether oxygens (including phenoxy) is 2. The van der Waals surface area contributed by atoms with Crippen molar-refractivity contribution < 1.29 is 23.9 Å². The van der Waals surface area contributed by atoms with Gasteiger partial charge < -0.3 is 19.4 Å². The second kappa shape index (κ2) is 9.21. The molecule has 3 aromatic heterocycles. The van der Waals surface area contributed by atoms with Crippen LogP contribution >= 0.6 is 22.7 Å². The lowest BCUT2D eigenvalue weighted by Crippen LogP contribution is -2.17. The van der Waals surface area contributed by atoms with Crippen molar-refractivity contribution in [2.24, 2.45) is 7.05 Å². The first-order valence-electron chi connectivity index (χ1n) is 9.84. The van der Waals surface area contributed by atoms with Crippen LogP contribution in [0.4, 0.5) is 5.00 Å². The van der Waals surface area contributed by atoms with E-state index in [0.29, 0.717) is 26.2 Å². The van der Waals surface area contributed by atoms with Crippen LogP contribution in [0.15, 0.2) is 11.1 Å². The fourth-order valence-electron chi connectivity index (χ4n) is 3.10. The number of carbonyl (C=O) groups is 3. The number of thiophene rings is 2. The van der Waals surface area contributed by atoms with E-state index in [1.54, 1.807) is 41.7 Å². The minimum absolute atomic E-state index is 0.105. The minimum atomic E-state index is -0.649. The largest absolute Gasteiger partial charge is 0.462 e. The summed E-state index contributed by atoms with van der Waals surface area (Å²) < 4.78 is 11.7. The van der Waals surface area contributed by atoms with Crippen LogP contribution in [0.2, 0.25) is 0 Å². The number of nitrogens with one attached hydrogen (secondary N) is 1. The average molecular weight is 478 g/mol. The number of carbonyl (C=O) groups excluding carboxylic acids is 3. The molecule has 0 aliphatic heterocycles. The Labute approximate surface area is 192 Å². The van der Waals surface area contributed by atoms with Gasteiger partial charge in [-0.05, 0) is 45.7 Å². The number of esters is 2. The third-order valence-electron chi connectivity index (χ3n) is 4.60. The lowest BCUT2D eigenvalue weighted by atomic mass is 10.1. The summed E-state index contributed by atoms with van der Waals surface area (Å²) in [4.78, 5) is 55.8. The predicted molar refractivity (Wildman–Crippen MR) is 123 cm³/mol. The highest BCUT2D eigenvalue weighted by Gasteiger charge is 2.29. The third kappa shape index (κ3) is 4.30. The summed E-state index contributed by atoms with van der Waals surface area (Å²) in [6, 6.07) is 0. The van der Waals surface area contributed by atoms with Crippen molar-refractivity contribution in [1.82, 2.24) is 9.55 Å². The highest BCUT2D eigenvalue weighted by molar-refractivity contribution is 7.21.